The normalized spacial score (nSPS) is 10.5. The third-order valence-corrected chi connectivity index (χ3v) is 2.73. The molecule has 5 nitrogen and oxygen atoms in total. The quantitative estimate of drug-likeness (QED) is 0.698. The van der Waals surface area contributed by atoms with Gasteiger partial charge in [-0.2, -0.15) is 5.26 Å². The summed E-state index contributed by atoms with van der Waals surface area (Å²) in [4.78, 5) is 12.7. The van der Waals surface area contributed by atoms with E-state index in [0.717, 1.165) is 22.4 Å². The second-order valence-electron chi connectivity index (χ2n) is 4.11. The van der Waals surface area contributed by atoms with Gasteiger partial charge in [-0.05, 0) is 18.2 Å². The maximum atomic E-state index is 8.67. The van der Waals surface area contributed by atoms with Crippen molar-refractivity contribution in [1.29, 1.82) is 5.26 Å². The van der Waals surface area contributed by atoms with Gasteiger partial charge in [0.05, 0.1) is 18.2 Å². The van der Waals surface area contributed by atoms with Crippen LogP contribution in [0.3, 0.4) is 0 Å². The van der Waals surface area contributed by atoms with Gasteiger partial charge in [-0.1, -0.05) is 6.07 Å². The van der Waals surface area contributed by atoms with Crippen LogP contribution in [-0.2, 0) is 6.42 Å². The van der Waals surface area contributed by atoms with Crippen molar-refractivity contribution in [3.63, 3.8) is 0 Å². The van der Waals surface area contributed by atoms with Crippen molar-refractivity contribution in [2.24, 2.45) is 0 Å². The Kier molecular flexibility index (Phi) is 2.69. The maximum absolute atomic E-state index is 8.67. The van der Waals surface area contributed by atoms with E-state index in [-0.39, 0.29) is 6.42 Å². The first-order valence-electron chi connectivity index (χ1n) is 5.83. The van der Waals surface area contributed by atoms with Gasteiger partial charge in [-0.25, -0.2) is 15.0 Å². The number of fused-ring (bicyclic) bond motifs is 1. The van der Waals surface area contributed by atoms with Gasteiger partial charge in [0.15, 0.2) is 11.5 Å². The molecule has 0 aliphatic carbocycles. The fraction of sp³-hybridized carbons (Fsp3) is 0.143. The Morgan fingerprint density at radius 1 is 1.26 bits per heavy atom. The molecule has 0 unspecified atom stereocenters. The zero-order valence-electron chi connectivity index (χ0n) is 10.3. The molecule has 19 heavy (non-hydrogen) atoms. The molecule has 2 aromatic heterocycles. The van der Waals surface area contributed by atoms with E-state index in [1.54, 1.807) is 6.20 Å². The number of hydrogen-bond donors (Lipinski definition) is 0. The summed E-state index contributed by atoms with van der Waals surface area (Å²) in [5.74, 6) is 1.16. The Morgan fingerprint density at radius 3 is 3.00 bits per heavy atom. The van der Waals surface area contributed by atoms with E-state index in [0.29, 0.717) is 11.7 Å². The van der Waals surface area contributed by atoms with Crippen LogP contribution in [-0.4, -0.2) is 15.0 Å². The highest BCUT2D eigenvalue weighted by Gasteiger charge is 2.06. The van der Waals surface area contributed by atoms with Gasteiger partial charge in [0, 0.05) is 18.7 Å². The fourth-order valence-corrected chi connectivity index (χ4v) is 1.91. The molecule has 0 bridgehead atoms. The van der Waals surface area contributed by atoms with Crippen molar-refractivity contribution >= 4 is 11.1 Å². The van der Waals surface area contributed by atoms with Crippen molar-refractivity contribution < 1.29 is 4.42 Å². The molecule has 3 rings (SSSR count). The molecule has 0 radical (unpaired) electrons. The molecule has 2 heterocycles. The second kappa shape index (κ2) is 4.50. The molecule has 0 saturated heterocycles. The molecule has 0 N–H and O–H groups in total. The van der Waals surface area contributed by atoms with Crippen LogP contribution in [0.5, 0.6) is 0 Å². The number of nitrogens with zero attached hydrogens (tertiary/aromatic N) is 4. The van der Waals surface area contributed by atoms with Crippen LogP contribution in [0, 0.1) is 18.3 Å². The highest BCUT2D eigenvalue weighted by Crippen LogP contribution is 2.23. The Bertz CT molecular complexity index is 785. The lowest BCUT2D eigenvalue weighted by Crippen LogP contribution is -1.94. The van der Waals surface area contributed by atoms with Crippen molar-refractivity contribution in [3.8, 4) is 17.3 Å². The summed E-state index contributed by atoms with van der Waals surface area (Å²) in [6, 6.07) is 9.58. The van der Waals surface area contributed by atoms with E-state index in [4.69, 9.17) is 9.68 Å². The average Bonchev–Trinajstić information content (AvgIpc) is 2.78. The minimum Gasteiger partial charge on any atom is -0.441 e. The van der Waals surface area contributed by atoms with Gasteiger partial charge < -0.3 is 4.42 Å². The predicted molar refractivity (Wildman–Crippen MR) is 69.1 cm³/mol. The number of rotatable bonds is 2. The molecule has 0 amide bonds. The maximum Gasteiger partial charge on any atom is 0.192 e. The first-order valence-corrected chi connectivity index (χ1v) is 5.83. The monoisotopic (exact) mass is 250 g/mol. The van der Waals surface area contributed by atoms with E-state index in [1.165, 1.54) is 0 Å². The molecule has 0 aliphatic heterocycles. The minimum absolute atomic E-state index is 0.206. The van der Waals surface area contributed by atoms with Crippen LogP contribution in [0.1, 0.15) is 11.7 Å². The molecule has 0 saturated carbocycles. The van der Waals surface area contributed by atoms with Gasteiger partial charge >= 0.3 is 0 Å². The summed E-state index contributed by atoms with van der Waals surface area (Å²) < 4.78 is 5.50. The lowest BCUT2D eigenvalue weighted by molar-refractivity contribution is 0.561. The van der Waals surface area contributed by atoms with Gasteiger partial charge in [0.25, 0.3) is 0 Å². The van der Waals surface area contributed by atoms with Gasteiger partial charge in [-0.3, -0.25) is 0 Å². The third kappa shape index (κ3) is 2.16. The number of aryl methyl sites for hydroxylation is 1. The van der Waals surface area contributed by atoms with Crippen molar-refractivity contribution in [2.75, 3.05) is 0 Å². The standard InChI is InChI=1S/C14H10N4O/c1-9-17-12-3-2-10(8-13(12)19-9)11-5-7-16-14(18-11)4-6-15/h2-3,5,7-8H,4H2,1H3. The molecule has 0 spiro atoms. The Morgan fingerprint density at radius 2 is 2.16 bits per heavy atom. The molecule has 5 heteroatoms. The first kappa shape index (κ1) is 11.4. The van der Waals surface area contributed by atoms with Crippen LogP contribution >= 0.6 is 0 Å². The molecule has 0 atom stereocenters. The van der Waals surface area contributed by atoms with E-state index in [2.05, 4.69) is 15.0 Å². The summed E-state index contributed by atoms with van der Waals surface area (Å²) in [7, 11) is 0. The zero-order chi connectivity index (χ0) is 13.2. The summed E-state index contributed by atoms with van der Waals surface area (Å²) in [5.41, 5.74) is 3.25. The van der Waals surface area contributed by atoms with Gasteiger partial charge in [-0.15, -0.1) is 0 Å². The van der Waals surface area contributed by atoms with Gasteiger partial charge in [0.2, 0.25) is 0 Å². The average molecular weight is 250 g/mol. The highest BCUT2D eigenvalue weighted by molar-refractivity contribution is 5.79. The lowest BCUT2D eigenvalue weighted by atomic mass is 10.1. The van der Waals surface area contributed by atoms with Crippen molar-refractivity contribution in [2.45, 2.75) is 13.3 Å². The Balaban J connectivity index is 2.08. The van der Waals surface area contributed by atoms with Crippen molar-refractivity contribution in [1.82, 2.24) is 15.0 Å². The van der Waals surface area contributed by atoms with Crippen LogP contribution in [0.2, 0.25) is 0 Å². The molecule has 92 valence electrons. The number of benzene rings is 1. The summed E-state index contributed by atoms with van der Waals surface area (Å²) in [6.45, 7) is 1.81. The number of hydrogen-bond acceptors (Lipinski definition) is 5. The first-order chi connectivity index (χ1) is 9.26. The largest absolute Gasteiger partial charge is 0.441 e. The van der Waals surface area contributed by atoms with E-state index < -0.39 is 0 Å². The Hall–Kier alpha value is -2.74. The predicted octanol–water partition coefficient (Wildman–Crippen LogP) is 2.66. The van der Waals surface area contributed by atoms with Crippen molar-refractivity contribution in [3.05, 3.63) is 42.2 Å². The van der Waals surface area contributed by atoms with Crippen LogP contribution in [0.15, 0.2) is 34.9 Å². The smallest absolute Gasteiger partial charge is 0.192 e. The summed E-state index contributed by atoms with van der Waals surface area (Å²) >= 11 is 0. The molecule has 3 aromatic rings. The van der Waals surface area contributed by atoms with E-state index in [9.17, 15) is 0 Å². The summed E-state index contributed by atoms with van der Waals surface area (Å²) in [5, 5.41) is 8.67. The molecule has 0 aliphatic rings. The molecular formula is C14H10N4O. The Labute approximate surface area is 109 Å². The van der Waals surface area contributed by atoms with Crippen LogP contribution in [0.25, 0.3) is 22.4 Å². The van der Waals surface area contributed by atoms with E-state index >= 15 is 0 Å². The highest BCUT2D eigenvalue weighted by atomic mass is 16.3. The number of nitriles is 1. The van der Waals surface area contributed by atoms with Gasteiger partial charge in [0.1, 0.15) is 11.3 Å². The third-order valence-electron chi connectivity index (χ3n) is 2.73. The molecular weight excluding hydrogens is 240 g/mol. The number of oxazole rings is 1. The lowest BCUT2D eigenvalue weighted by Gasteiger charge is -2.01. The SMILES string of the molecule is Cc1nc2ccc(-c3ccnc(CC#N)n3)cc2o1. The zero-order valence-corrected chi connectivity index (χ0v) is 10.3. The molecule has 1 aromatic carbocycles. The summed E-state index contributed by atoms with van der Waals surface area (Å²) in [6.07, 6.45) is 1.86. The minimum atomic E-state index is 0.206. The molecule has 0 fully saturated rings. The fourth-order valence-electron chi connectivity index (χ4n) is 1.91. The van der Waals surface area contributed by atoms with Crippen LogP contribution in [0.4, 0.5) is 0 Å². The topological polar surface area (TPSA) is 75.6 Å². The number of aromatic nitrogens is 3. The van der Waals surface area contributed by atoms with E-state index in [1.807, 2.05) is 37.3 Å². The second-order valence-corrected chi connectivity index (χ2v) is 4.11. The van der Waals surface area contributed by atoms with Crippen LogP contribution < -0.4 is 0 Å².